The van der Waals surface area contributed by atoms with Crippen LogP contribution in [0.25, 0.3) is 50.1 Å². The minimum absolute atomic E-state index is 0.0294. The van der Waals surface area contributed by atoms with Gasteiger partial charge < -0.3 is 9.29 Å². The molecule has 2 aromatic heterocycles. The fourth-order valence-electron chi connectivity index (χ4n) is 9.08. The topological polar surface area (TPSA) is 46.7 Å². The van der Waals surface area contributed by atoms with Crippen LogP contribution in [0.5, 0.6) is 0 Å². The molecule has 5 aromatic carbocycles. The Labute approximate surface area is 282 Å². The van der Waals surface area contributed by atoms with Crippen molar-refractivity contribution in [2.75, 3.05) is 4.81 Å². The van der Waals surface area contributed by atoms with Crippen LogP contribution in [0.4, 0.5) is 5.69 Å². The summed E-state index contributed by atoms with van der Waals surface area (Å²) in [5.74, 6) is -0.0996. The van der Waals surface area contributed by atoms with E-state index in [-0.39, 0.29) is 24.2 Å². The minimum Gasteiger partial charge on any atom is -0.364 e. The highest BCUT2D eigenvalue weighted by Gasteiger charge is 2.48. The third-order valence-electron chi connectivity index (χ3n) is 11.1. The van der Waals surface area contributed by atoms with Gasteiger partial charge in [0.05, 0.1) is 11.1 Å². The first-order chi connectivity index (χ1) is 24.2. The van der Waals surface area contributed by atoms with Crippen molar-refractivity contribution in [1.82, 2.24) is 8.88 Å². The molecule has 2 bridgehead atoms. The number of anilines is 1. The first-order valence-electron chi connectivity index (χ1n) is 17.0. The lowest BCUT2D eigenvalue weighted by molar-refractivity contribution is 0.0945. The standard InChI is InChI=1S/C43H28BN3O2/c48-41-30-22-23-38-34(24-33(30)26-12-3-1-4-13-26)28-18-11-19-29-35-25-39(27-14-5-2-6-15-27)45-42(35)47(37-21-10-8-17-32(37)43(45)49)44(40(28)29)46(38)36-20-9-7-16-31(36)41/h1-21,24-25,30H,22-23H2. The van der Waals surface area contributed by atoms with Crippen LogP contribution in [0.2, 0.25) is 0 Å². The van der Waals surface area contributed by atoms with Crippen LogP contribution in [0, 0.1) is 5.92 Å². The molecule has 0 spiro atoms. The zero-order valence-electron chi connectivity index (χ0n) is 26.5. The van der Waals surface area contributed by atoms with Gasteiger partial charge in [-0.15, -0.1) is 0 Å². The summed E-state index contributed by atoms with van der Waals surface area (Å²) in [6.07, 6.45) is 3.79. The first-order valence-corrected chi connectivity index (χ1v) is 17.0. The summed E-state index contributed by atoms with van der Waals surface area (Å²) < 4.78 is 4.30. The summed E-state index contributed by atoms with van der Waals surface area (Å²) in [6.45, 7) is -0.318. The number of Topliss-reactive ketones (excluding diaryl/α,β-unsaturated/α-hetero) is 1. The van der Waals surface area contributed by atoms with Gasteiger partial charge in [0, 0.05) is 39.5 Å². The molecule has 1 atom stereocenters. The Morgan fingerprint density at radius 3 is 2.18 bits per heavy atom. The molecule has 0 amide bonds. The summed E-state index contributed by atoms with van der Waals surface area (Å²) in [6, 6.07) is 45.6. The quantitative estimate of drug-likeness (QED) is 0.182. The Morgan fingerprint density at radius 1 is 0.653 bits per heavy atom. The number of fused-ring (bicyclic) bond motifs is 10. The smallest absolute Gasteiger partial charge is 0.364 e. The average molecular weight is 630 g/mol. The monoisotopic (exact) mass is 629 g/mol. The highest BCUT2D eigenvalue weighted by atomic mass is 16.1. The van der Waals surface area contributed by atoms with Gasteiger partial charge in [-0.05, 0) is 82.5 Å². The maximum atomic E-state index is 14.8. The molecule has 3 aliphatic heterocycles. The van der Waals surface area contributed by atoms with E-state index in [1.165, 1.54) is 22.3 Å². The third kappa shape index (κ3) is 3.45. The zero-order valence-corrected chi connectivity index (χ0v) is 26.5. The normalized spacial score (nSPS) is 17.1. The van der Waals surface area contributed by atoms with E-state index >= 15 is 0 Å². The predicted octanol–water partition coefficient (Wildman–Crippen LogP) is 8.07. The number of rotatable bonds is 2. The number of aromatic nitrogens is 2. The second-order valence-electron chi connectivity index (χ2n) is 13.5. The number of hydrogen-bond donors (Lipinski definition) is 0. The van der Waals surface area contributed by atoms with E-state index in [1.807, 2.05) is 65.1 Å². The van der Waals surface area contributed by atoms with Crippen molar-refractivity contribution in [2.24, 2.45) is 5.92 Å². The van der Waals surface area contributed by atoms with E-state index in [2.05, 4.69) is 88.2 Å². The van der Waals surface area contributed by atoms with Crippen molar-refractivity contribution in [2.45, 2.75) is 12.8 Å². The van der Waals surface area contributed by atoms with Crippen LogP contribution in [0.3, 0.4) is 0 Å². The molecule has 5 heterocycles. The van der Waals surface area contributed by atoms with E-state index in [9.17, 15) is 9.59 Å². The van der Waals surface area contributed by atoms with Crippen molar-refractivity contribution in [3.8, 4) is 22.4 Å². The van der Waals surface area contributed by atoms with Crippen molar-refractivity contribution in [1.29, 1.82) is 0 Å². The first kappa shape index (κ1) is 26.9. The number of carbonyl (C=O) groups is 1. The van der Waals surface area contributed by atoms with Crippen LogP contribution in [0.1, 0.15) is 34.3 Å². The van der Waals surface area contributed by atoms with Crippen molar-refractivity contribution < 1.29 is 4.79 Å². The summed E-state index contributed by atoms with van der Waals surface area (Å²) >= 11 is 0. The average Bonchev–Trinajstić information content (AvgIpc) is 3.46. The van der Waals surface area contributed by atoms with Crippen LogP contribution >= 0.6 is 0 Å². The van der Waals surface area contributed by atoms with Gasteiger partial charge in [0.2, 0.25) is 0 Å². The van der Waals surface area contributed by atoms with E-state index in [0.717, 1.165) is 68.8 Å². The third-order valence-corrected chi connectivity index (χ3v) is 11.1. The molecule has 0 saturated heterocycles. The molecule has 0 fully saturated rings. The van der Waals surface area contributed by atoms with Gasteiger partial charge in [-0.1, -0.05) is 103 Å². The predicted molar refractivity (Wildman–Crippen MR) is 198 cm³/mol. The van der Waals surface area contributed by atoms with Gasteiger partial charge in [-0.25, -0.2) is 0 Å². The van der Waals surface area contributed by atoms with E-state index in [4.69, 9.17) is 0 Å². The fourth-order valence-corrected chi connectivity index (χ4v) is 9.08. The summed E-state index contributed by atoms with van der Waals surface area (Å²) in [5.41, 5.74) is 14.3. The minimum atomic E-state index is -0.318. The largest absolute Gasteiger partial charge is 0.422 e. The number of para-hydroxylation sites is 2. The maximum Gasteiger partial charge on any atom is 0.422 e. The molecule has 0 N–H and O–H groups in total. The second kappa shape index (κ2) is 9.71. The Balaban J connectivity index is 1.33. The maximum absolute atomic E-state index is 14.8. The molecule has 7 aromatic rings. The number of ketones is 1. The van der Waals surface area contributed by atoms with E-state index < -0.39 is 0 Å². The van der Waals surface area contributed by atoms with Crippen LogP contribution in [0.15, 0.2) is 150 Å². The van der Waals surface area contributed by atoms with Gasteiger partial charge in [0.15, 0.2) is 5.78 Å². The highest BCUT2D eigenvalue weighted by Crippen LogP contribution is 2.49. The van der Waals surface area contributed by atoms with Crippen LogP contribution in [-0.4, -0.2) is 21.6 Å². The lowest BCUT2D eigenvalue weighted by Gasteiger charge is -2.44. The molecule has 230 valence electrons. The Morgan fingerprint density at radius 2 is 1.35 bits per heavy atom. The summed E-state index contributed by atoms with van der Waals surface area (Å²) in [5, 5.41) is 0.665. The second-order valence-corrected chi connectivity index (χ2v) is 13.5. The number of nitrogens with zero attached hydrogens (tertiary/aromatic N) is 3. The zero-order chi connectivity index (χ0) is 32.4. The molecule has 11 rings (SSSR count). The molecule has 1 unspecified atom stereocenters. The van der Waals surface area contributed by atoms with E-state index in [0.29, 0.717) is 5.39 Å². The molecule has 4 aliphatic rings. The number of benzene rings is 5. The Bertz CT molecular complexity index is 2720. The van der Waals surface area contributed by atoms with Crippen molar-refractivity contribution in [3.63, 3.8) is 0 Å². The van der Waals surface area contributed by atoms with Crippen molar-refractivity contribution >= 4 is 51.6 Å². The molecule has 5 nitrogen and oxygen atoms in total. The van der Waals surface area contributed by atoms with Gasteiger partial charge >= 0.3 is 6.98 Å². The highest BCUT2D eigenvalue weighted by molar-refractivity contribution is 6.81. The van der Waals surface area contributed by atoms with Crippen LogP contribution in [-0.2, 0) is 0 Å². The molecule has 6 heteroatoms. The number of hydrogen-bond acceptors (Lipinski definition) is 3. The van der Waals surface area contributed by atoms with Crippen LogP contribution < -0.4 is 15.8 Å². The number of allylic oxidation sites excluding steroid dienone is 4. The summed E-state index contributed by atoms with van der Waals surface area (Å²) in [4.78, 5) is 31.8. The van der Waals surface area contributed by atoms with Crippen molar-refractivity contribution in [3.05, 3.63) is 172 Å². The molecule has 49 heavy (non-hydrogen) atoms. The lowest BCUT2D eigenvalue weighted by Crippen LogP contribution is -2.60. The summed E-state index contributed by atoms with van der Waals surface area (Å²) in [7, 11) is 0. The fraction of sp³-hybridized carbons (Fsp3) is 0.0698. The molecular formula is C43H28BN3O2. The van der Waals surface area contributed by atoms with E-state index in [1.54, 1.807) is 0 Å². The lowest BCUT2D eigenvalue weighted by atomic mass is 9.55. The Kier molecular flexibility index (Phi) is 5.33. The van der Waals surface area contributed by atoms with Gasteiger partial charge in [-0.3, -0.25) is 14.0 Å². The Hall–Kier alpha value is -6.14. The van der Waals surface area contributed by atoms with Gasteiger partial charge in [0.25, 0.3) is 5.56 Å². The number of carbonyl (C=O) groups excluding carboxylic acids is 1. The molecule has 0 saturated carbocycles. The van der Waals surface area contributed by atoms with Gasteiger partial charge in [0.1, 0.15) is 5.65 Å². The molecule has 0 radical (unpaired) electrons. The van der Waals surface area contributed by atoms with Gasteiger partial charge in [-0.2, -0.15) is 0 Å². The SMILES string of the molecule is O=C1c2ccccc2N2B3c4c(cccc4-c4cc(-c5ccccc5)n5c(=O)c6ccccc6n3c45)C3=C2CCC1C(c1ccccc1)=C3. The molecular weight excluding hydrogens is 601 g/mol. The molecule has 1 aliphatic carbocycles.